The number of thiophene rings is 1. The second kappa shape index (κ2) is 7.61. The number of esters is 1. The van der Waals surface area contributed by atoms with Crippen molar-refractivity contribution in [1.29, 1.82) is 0 Å². The van der Waals surface area contributed by atoms with Crippen LogP contribution in [0.3, 0.4) is 0 Å². The highest BCUT2D eigenvalue weighted by molar-refractivity contribution is 7.13. The Kier molecular flexibility index (Phi) is 6.13. The van der Waals surface area contributed by atoms with Crippen LogP contribution in [0, 0.1) is 6.92 Å². The SMILES string of the molecule is COC(=O)C(CO)NC(=O)CNC(=O)c1ccc(C)s1. The van der Waals surface area contributed by atoms with Crippen molar-refractivity contribution in [3.8, 4) is 0 Å². The highest BCUT2D eigenvalue weighted by Gasteiger charge is 2.20. The first-order chi connectivity index (χ1) is 9.47. The molecule has 0 saturated carbocycles. The summed E-state index contributed by atoms with van der Waals surface area (Å²) in [6, 6.07) is 2.34. The molecular weight excluding hydrogens is 284 g/mol. The van der Waals surface area contributed by atoms with Gasteiger partial charge in [0.25, 0.3) is 5.91 Å². The molecule has 7 nitrogen and oxygen atoms in total. The Labute approximate surface area is 119 Å². The van der Waals surface area contributed by atoms with Gasteiger partial charge in [-0.25, -0.2) is 4.79 Å². The number of carbonyl (C=O) groups is 3. The molecule has 1 aromatic heterocycles. The lowest BCUT2D eigenvalue weighted by atomic mass is 10.3. The Morgan fingerprint density at radius 1 is 1.40 bits per heavy atom. The summed E-state index contributed by atoms with van der Waals surface area (Å²) in [5.41, 5.74) is 0. The average Bonchev–Trinajstić information content (AvgIpc) is 2.87. The molecule has 0 aromatic carbocycles. The molecule has 3 N–H and O–H groups in total. The molecule has 2 amide bonds. The van der Waals surface area contributed by atoms with Crippen molar-refractivity contribution in [2.75, 3.05) is 20.3 Å². The highest BCUT2D eigenvalue weighted by atomic mass is 32.1. The van der Waals surface area contributed by atoms with Crippen LogP contribution in [0.1, 0.15) is 14.5 Å². The minimum Gasteiger partial charge on any atom is -0.467 e. The molecule has 1 atom stereocenters. The third-order valence-electron chi connectivity index (χ3n) is 2.38. The molecule has 0 aliphatic heterocycles. The van der Waals surface area contributed by atoms with Crippen molar-refractivity contribution in [2.45, 2.75) is 13.0 Å². The first kappa shape index (κ1) is 16.1. The zero-order chi connectivity index (χ0) is 15.1. The van der Waals surface area contributed by atoms with Crippen molar-refractivity contribution in [3.63, 3.8) is 0 Å². The smallest absolute Gasteiger partial charge is 0.330 e. The number of rotatable bonds is 6. The lowest BCUT2D eigenvalue weighted by molar-refractivity contribution is -0.146. The van der Waals surface area contributed by atoms with Gasteiger partial charge in [-0.15, -0.1) is 11.3 Å². The highest BCUT2D eigenvalue weighted by Crippen LogP contribution is 2.14. The Balaban J connectivity index is 2.43. The van der Waals surface area contributed by atoms with E-state index in [1.807, 2.05) is 6.92 Å². The third-order valence-corrected chi connectivity index (χ3v) is 3.38. The van der Waals surface area contributed by atoms with Gasteiger partial charge in [0.1, 0.15) is 0 Å². The zero-order valence-electron chi connectivity index (χ0n) is 11.1. The van der Waals surface area contributed by atoms with Crippen LogP contribution in [-0.2, 0) is 14.3 Å². The van der Waals surface area contributed by atoms with Gasteiger partial charge < -0.3 is 20.5 Å². The number of amides is 2. The van der Waals surface area contributed by atoms with Gasteiger partial charge in [-0.2, -0.15) is 0 Å². The van der Waals surface area contributed by atoms with E-state index >= 15 is 0 Å². The first-order valence-electron chi connectivity index (χ1n) is 5.80. The molecule has 8 heteroatoms. The number of carbonyl (C=O) groups excluding carboxylic acids is 3. The fourth-order valence-electron chi connectivity index (χ4n) is 1.37. The van der Waals surface area contributed by atoms with Crippen LogP contribution < -0.4 is 10.6 Å². The molecule has 0 bridgehead atoms. The second-order valence-electron chi connectivity index (χ2n) is 3.92. The van der Waals surface area contributed by atoms with Gasteiger partial charge >= 0.3 is 5.97 Å². The summed E-state index contributed by atoms with van der Waals surface area (Å²) in [6.45, 7) is 1.01. The molecule has 20 heavy (non-hydrogen) atoms. The number of aliphatic hydroxyl groups excluding tert-OH is 1. The van der Waals surface area contributed by atoms with E-state index in [-0.39, 0.29) is 12.5 Å². The third kappa shape index (κ3) is 4.63. The van der Waals surface area contributed by atoms with Gasteiger partial charge in [0.2, 0.25) is 5.91 Å². The topological polar surface area (TPSA) is 105 Å². The lowest BCUT2D eigenvalue weighted by Gasteiger charge is -2.13. The Morgan fingerprint density at radius 3 is 2.60 bits per heavy atom. The summed E-state index contributed by atoms with van der Waals surface area (Å²) < 4.78 is 4.40. The Hall–Kier alpha value is -1.93. The lowest BCUT2D eigenvalue weighted by Crippen LogP contribution is -2.47. The van der Waals surface area contributed by atoms with E-state index in [4.69, 9.17) is 5.11 Å². The first-order valence-corrected chi connectivity index (χ1v) is 6.62. The van der Waals surface area contributed by atoms with Gasteiger partial charge in [0.05, 0.1) is 25.1 Å². The number of aliphatic hydroxyl groups is 1. The van der Waals surface area contributed by atoms with E-state index in [0.717, 1.165) is 12.0 Å². The number of nitrogens with one attached hydrogen (secondary N) is 2. The van der Waals surface area contributed by atoms with E-state index in [2.05, 4.69) is 15.4 Å². The molecular formula is C12H16N2O5S. The van der Waals surface area contributed by atoms with Crippen LogP contribution in [0.4, 0.5) is 0 Å². The van der Waals surface area contributed by atoms with Crippen LogP contribution in [0.25, 0.3) is 0 Å². The molecule has 0 fully saturated rings. The molecule has 0 saturated heterocycles. The summed E-state index contributed by atoms with van der Waals surface area (Å²) in [4.78, 5) is 35.9. The van der Waals surface area contributed by atoms with E-state index in [1.54, 1.807) is 12.1 Å². The van der Waals surface area contributed by atoms with Crippen molar-refractivity contribution in [1.82, 2.24) is 10.6 Å². The number of ether oxygens (including phenoxy) is 1. The van der Waals surface area contributed by atoms with Crippen LogP contribution in [-0.4, -0.2) is 49.2 Å². The quantitative estimate of drug-likeness (QED) is 0.611. The predicted molar refractivity (Wildman–Crippen MR) is 72.4 cm³/mol. The molecule has 110 valence electrons. The second-order valence-corrected chi connectivity index (χ2v) is 5.21. The van der Waals surface area contributed by atoms with Crippen LogP contribution in [0.15, 0.2) is 12.1 Å². The number of aryl methyl sites for hydroxylation is 1. The van der Waals surface area contributed by atoms with Crippen LogP contribution in [0.5, 0.6) is 0 Å². The molecule has 0 aliphatic carbocycles. The maximum Gasteiger partial charge on any atom is 0.330 e. The van der Waals surface area contributed by atoms with E-state index < -0.39 is 24.5 Å². The van der Waals surface area contributed by atoms with Crippen LogP contribution >= 0.6 is 11.3 Å². The standard InChI is InChI=1S/C12H16N2O5S/c1-7-3-4-9(20-7)11(17)13-5-10(16)14-8(6-15)12(18)19-2/h3-4,8,15H,5-6H2,1-2H3,(H,13,17)(H,14,16). The maximum absolute atomic E-state index is 11.7. The molecule has 1 heterocycles. The van der Waals surface area contributed by atoms with Crippen molar-refractivity contribution >= 4 is 29.1 Å². The summed E-state index contributed by atoms with van der Waals surface area (Å²) >= 11 is 1.32. The summed E-state index contributed by atoms with van der Waals surface area (Å²) in [5.74, 6) is -1.70. The van der Waals surface area contributed by atoms with Crippen molar-refractivity contribution in [3.05, 3.63) is 21.9 Å². The molecule has 1 rings (SSSR count). The van der Waals surface area contributed by atoms with Gasteiger partial charge in [-0.1, -0.05) is 0 Å². The molecule has 1 aromatic rings. The van der Waals surface area contributed by atoms with Crippen LogP contribution in [0.2, 0.25) is 0 Å². The van der Waals surface area contributed by atoms with Crippen molar-refractivity contribution in [2.24, 2.45) is 0 Å². The minimum absolute atomic E-state index is 0.288. The summed E-state index contributed by atoms with van der Waals surface area (Å²) in [6.07, 6.45) is 0. The number of methoxy groups -OCH3 is 1. The zero-order valence-corrected chi connectivity index (χ0v) is 12.0. The normalized spacial score (nSPS) is 11.6. The average molecular weight is 300 g/mol. The van der Waals surface area contributed by atoms with Gasteiger partial charge in [0.15, 0.2) is 6.04 Å². The minimum atomic E-state index is -1.13. The Bertz CT molecular complexity index is 500. The fraction of sp³-hybridized carbons (Fsp3) is 0.417. The van der Waals surface area contributed by atoms with E-state index in [1.165, 1.54) is 11.3 Å². The molecule has 1 unspecified atom stereocenters. The van der Waals surface area contributed by atoms with Gasteiger partial charge in [0, 0.05) is 4.88 Å². The number of hydrogen-bond acceptors (Lipinski definition) is 6. The fourth-order valence-corrected chi connectivity index (χ4v) is 2.15. The maximum atomic E-state index is 11.7. The monoisotopic (exact) mass is 300 g/mol. The van der Waals surface area contributed by atoms with Gasteiger partial charge in [-0.05, 0) is 19.1 Å². The van der Waals surface area contributed by atoms with E-state index in [9.17, 15) is 14.4 Å². The van der Waals surface area contributed by atoms with Gasteiger partial charge in [-0.3, -0.25) is 9.59 Å². The molecule has 0 spiro atoms. The Morgan fingerprint density at radius 2 is 2.10 bits per heavy atom. The number of hydrogen-bond donors (Lipinski definition) is 3. The molecule has 0 radical (unpaired) electrons. The summed E-state index contributed by atoms with van der Waals surface area (Å²) in [7, 11) is 1.15. The summed E-state index contributed by atoms with van der Waals surface area (Å²) in [5, 5.41) is 13.6. The predicted octanol–water partition coefficient (Wildman–Crippen LogP) is -0.564. The van der Waals surface area contributed by atoms with Crippen molar-refractivity contribution < 1.29 is 24.2 Å². The van der Waals surface area contributed by atoms with E-state index in [0.29, 0.717) is 4.88 Å². The molecule has 0 aliphatic rings. The largest absolute Gasteiger partial charge is 0.467 e.